The SMILES string of the molecule is CS(=O)(=O)NCC1CCCN(S(=O)(=O)c2sccc2Br)C1. The van der Waals surface area contributed by atoms with Gasteiger partial charge >= 0.3 is 0 Å². The highest BCUT2D eigenvalue weighted by molar-refractivity contribution is 9.10. The van der Waals surface area contributed by atoms with E-state index in [2.05, 4.69) is 20.7 Å². The van der Waals surface area contributed by atoms with Gasteiger partial charge in [0.2, 0.25) is 10.0 Å². The number of sulfonamides is 2. The van der Waals surface area contributed by atoms with E-state index >= 15 is 0 Å². The molecule has 0 aliphatic carbocycles. The van der Waals surface area contributed by atoms with Crippen LogP contribution in [0.1, 0.15) is 12.8 Å². The maximum Gasteiger partial charge on any atom is 0.253 e. The predicted octanol–water partition coefficient (Wildman–Crippen LogP) is 1.46. The summed E-state index contributed by atoms with van der Waals surface area (Å²) in [5.41, 5.74) is 0. The topological polar surface area (TPSA) is 83.6 Å². The van der Waals surface area contributed by atoms with E-state index in [0.29, 0.717) is 21.8 Å². The molecule has 1 atom stereocenters. The number of piperidine rings is 1. The van der Waals surface area contributed by atoms with Crippen LogP contribution in [0.15, 0.2) is 20.1 Å². The summed E-state index contributed by atoms with van der Waals surface area (Å²) >= 11 is 4.43. The van der Waals surface area contributed by atoms with E-state index in [-0.39, 0.29) is 12.5 Å². The summed E-state index contributed by atoms with van der Waals surface area (Å²) in [5.74, 6) is 0.00184. The summed E-state index contributed by atoms with van der Waals surface area (Å²) in [5, 5.41) is 1.73. The summed E-state index contributed by atoms with van der Waals surface area (Å²) in [4.78, 5) is 0. The van der Waals surface area contributed by atoms with Crippen LogP contribution < -0.4 is 4.72 Å². The van der Waals surface area contributed by atoms with Crippen LogP contribution in [0.4, 0.5) is 0 Å². The van der Waals surface area contributed by atoms with Gasteiger partial charge in [0.15, 0.2) is 0 Å². The van der Waals surface area contributed by atoms with Crippen molar-refractivity contribution >= 4 is 47.3 Å². The van der Waals surface area contributed by atoms with E-state index in [0.717, 1.165) is 19.1 Å². The maximum atomic E-state index is 12.6. The molecule has 1 N–H and O–H groups in total. The molecule has 1 unspecified atom stereocenters. The van der Waals surface area contributed by atoms with E-state index in [4.69, 9.17) is 0 Å². The van der Waals surface area contributed by atoms with Gasteiger partial charge in [-0.15, -0.1) is 11.3 Å². The first-order valence-corrected chi connectivity index (χ1v) is 11.4. The Kier molecular flexibility index (Phi) is 5.48. The number of nitrogens with one attached hydrogen (secondary N) is 1. The van der Waals surface area contributed by atoms with Crippen molar-refractivity contribution in [1.82, 2.24) is 9.03 Å². The molecule has 1 aliphatic rings. The molecule has 0 saturated carbocycles. The quantitative estimate of drug-likeness (QED) is 0.787. The second-order valence-corrected chi connectivity index (χ2v) is 10.8. The first-order valence-electron chi connectivity index (χ1n) is 6.38. The number of hydrogen-bond donors (Lipinski definition) is 1. The van der Waals surface area contributed by atoms with Crippen LogP contribution in [0.2, 0.25) is 0 Å². The van der Waals surface area contributed by atoms with Gasteiger partial charge in [-0.05, 0) is 46.1 Å². The van der Waals surface area contributed by atoms with Crippen molar-refractivity contribution in [2.24, 2.45) is 5.92 Å². The molecule has 0 spiro atoms. The third-order valence-corrected chi connectivity index (χ3v) is 8.48. The molecular formula is C11H17BrN2O4S3. The minimum Gasteiger partial charge on any atom is -0.215 e. The van der Waals surface area contributed by atoms with Gasteiger partial charge in [-0.1, -0.05) is 0 Å². The first kappa shape index (κ1) is 17.4. The average Bonchev–Trinajstić information content (AvgIpc) is 2.83. The average molecular weight is 417 g/mol. The van der Waals surface area contributed by atoms with Crippen LogP contribution in [0.5, 0.6) is 0 Å². The number of halogens is 1. The van der Waals surface area contributed by atoms with E-state index in [1.165, 1.54) is 15.6 Å². The molecule has 2 rings (SSSR count). The Labute approximate surface area is 137 Å². The zero-order chi connectivity index (χ0) is 15.7. The van der Waals surface area contributed by atoms with E-state index < -0.39 is 20.0 Å². The van der Waals surface area contributed by atoms with Gasteiger partial charge in [0.25, 0.3) is 10.0 Å². The third-order valence-electron chi connectivity index (χ3n) is 3.27. The molecule has 1 aromatic heterocycles. The summed E-state index contributed by atoms with van der Waals surface area (Å²) in [6.45, 7) is 1.09. The maximum absolute atomic E-state index is 12.6. The Morgan fingerprint density at radius 1 is 1.43 bits per heavy atom. The molecule has 6 nitrogen and oxygen atoms in total. The lowest BCUT2D eigenvalue weighted by Crippen LogP contribution is -2.43. The fourth-order valence-electron chi connectivity index (χ4n) is 2.26. The van der Waals surface area contributed by atoms with Gasteiger partial charge < -0.3 is 0 Å². The smallest absolute Gasteiger partial charge is 0.215 e. The standard InChI is InChI=1S/C11H17BrN2O4S3/c1-20(15,16)13-7-9-3-2-5-14(8-9)21(17,18)11-10(12)4-6-19-11/h4,6,9,13H,2-3,5,7-8H2,1H3. The minimum atomic E-state index is -3.51. The van der Waals surface area contributed by atoms with Gasteiger partial charge in [-0.3, -0.25) is 0 Å². The molecule has 10 heteroatoms. The molecule has 1 fully saturated rings. The predicted molar refractivity (Wildman–Crippen MR) is 86.3 cm³/mol. The molecule has 2 heterocycles. The number of rotatable bonds is 5. The van der Waals surface area contributed by atoms with Crippen molar-refractivity contribution in [2.75, 3.05) is 25.9 Å². The molecular weight excluding hydrogens is 400 g/mol. The van der Waals surface area contributed by atoms with Crippen molar-refractivity contribution in [3.8, 4) is 0 Å². The fourth-order valence-corrected chi connectivity index (χ4v) is 6.80. The van der Waals surface area contributed by atoms with Crippen molar-refractivity contribution in [3.63, 3.8) is 0 Å². The van der Waals surface area contributed by atoms with Gasteiger partial charge in [0.05, 0.1) is 6.26 Å². The largest absolute Gasteiger partial charge is 0.253 e. The van der Waals surface area contributed by atoms with Gasteiger partial charge in [-0.2, -0.15) is 4.31 Å². The van der Waals surface area contributed by atoms with Crippen molar-refractivity contribution in [1.29, 1.82) is 0 Å². The highest BCUT2D eigenvalue weighted by Crippen LogP contribution is 2.32. The molecule has 0 radical (unpaired) electrons. The lowest BCUT2D eigenvalue weighted by Gasteiger charge is -2.31. The number of hydrogen-bond acceptors (Lipinski definition) is 5. The Morgan fingerprint density at radius 2 is 2.14 bits per heavy atom. The van der Waals surface area contributed by atoms with E-state index in [1.54, 1.807) is 11.4 Å². The highest BCUT2D eigenvalue weighted by atomic mass is 79.9. The summed E-state index contributed by atoms with van der Waals surface area (Å²) in [7, 11) is -6.76. The second kappa shape index (κ2) is 6.63. The monoisotopic (exact) mass is 416 g/mol. The molecule has 1 saturated heterocycles. The lowest BCUT2D eigenvalue weighted by atomic mass is 10.0. The normalized spacial score (nSPS) is 21.5. The molecule has 0 amide bonds. The molecule has 21 heavy (non-hydrogen) atoms. The van der Waals surface area contributed by atoms with Gasteiger partial charge in [0, 0.05) is 24.1 Å². The Balaban J connectivity index is 2.09. The zero-order valence-electron chi connectivity index (χ0n) is 11.5. The van der Waals surface area contributed by atoms with Crippen LogP contribution in [0.3, 0.4) is 0 Å². The molecule has 1 aliphatic heterocycles. The number of nitrogens with zero attached hydrogens (tertiary/aromatic N) is 1. The van der Waals surface area contributed by atoms with Crippen LogP contribution in [0.25, 0.3) is 0 Å². The van der Waals surface area contributed by atoms with Crippen LogP contribution in [0, 0.1) is 5.92 Å². The molecule has 0 aromatic carbocycles. The second-order valence-electron chi connectivity index (χ2n) is 5.05. The van der Waals surface area contributed by atoms with Crippen LogP contribution in [-0.2, 0) is 20.0 Å². The van der Waals surface area contributed by atoms with E-state index in [1.807, 2.05) is 0 Å². The van der Waals surface area contributed by atoms with Gasteiger partial charge in [0.1, 0.15) is 4.21 Å². The van der Waals surface area contributed by atoms with Crippen molar-refractivity contribution < 1.29 is 16.8 Å². The van der Waals surface area contributed by atoms with E-state index in [9.17, 15) is 16.8 Å². The Bertz CT molecular complexity index is 699. The third kappa shape index (κ3) is 4.49. The Morgan fingerprint density at radius 3 is 2.71 bits per heavy atom. The molecule has 1 aromatic rings. The molecule has 120 valence electrons. The summed E-state index contributed by atoms with van der Waals surface area (Å²) < 4.78 is 52.2. The lowest BCUT2D eigenvalue weighted by molar-refractivity contribution is 0.267. The summed E-state index contributed by atoms with van der Waals surface area (Å²) in [6, 6.07) is 1.71. The van der Waals surface area contributed by atoms with Gasteiger partial charge in [-0.25, -0.2) is 21.6 Å². The molecule has 0 bridgehead atoms. The zero-order valence-corrected chi connectivity index (χ0v) is 15.5. The van der Waals surface area contributed by atoms with Crippen molar-refractivity contribution in [3.05, 3.63) is 15.9 Å². The summed E-state index contributed by atoms with van der Waals surface area (Å²) in [6.07, 6.45) is 2.66. The fraction of sp³-hybridized carbons (Fsp3) is 0.636. The minimum absolute atomic E-state index is 0.00184. The van der Waals surface area contributed by atoms with Crippen LogP contribution in [-0.4, -0.2) is 47.0 Å². The highest BCUT2D eigenvalue weighted by Gasteiger charge is 2.32. The first-order chi connectivity index (χ1) is 9.70. The van der Waals surface area contributed by atoms with Crippen molar-refractivity contribution in [2.45, 2.75) is 17.1 Å². The Hall–Kier alpha value is -0.000000000000000111. The number of thiophene rings is 1. The van der Waals surface area contributed by atoms with Crippen LogP contribution >= 0.6 is 27.3 Å².